The van der Waals surface area contributed by atoms with Crippen molar-refractivity contribution in [1.82, 2.24) is 4.98 Å². The smallest absolute Gasteiger partial charge is 0.126 e. The van der Waals surface area contributed by atoms with E-state index in [2.05, 4.69) is 18.5 Å². The van der Waals surface area contributed by atoms with Crippen LogP contribution >= 0.6 is 0 Å². The lowest BCUT2D eigenvalue weighted by molar-refractivity contribution is 0.980. The zero-order valence-corrected chi connectivity index (χ0v) is 7.38. The van der Waals surface area contributed by atoms with Gasteiger partial charge in [0.25, 0.3) is 0 Å². The molecule has 2 nitrogen and oxygen atoms in total. The van der Waals surface area contributed by atoms with Crippen molar-refractivity contribution < 1.29 is 0 Å². The van der Waals surface area contributed by atoms with Crippen LogP contribution in [0.5, 0.6) is 0 Å². The maximum atomic E-state index is 5.72. The van der Waals surface area contributed by atoms with Crippen LogP contribution in [0.2, 0.25) is 0 Å². The summed E-state index contributed by atoms with van der Waals surface area (Å²) in [6, 6.07) is 1.98. The summed E-state index contributed by atoms with van der Waals surface area (Å²) in [7, 11) is 0. The van der Waals surface area contributed by atoms with Gasteiger partial charge in [-0.1, -0.05) is 6.08 Å². The standard InChI is InChI=1S/C10H14N2/c1-3-4-5-9-8(2)6-7-12-10(9)11/h3,6-7H,1,4-5H2,2H3,(H2,11,12). The monoisotopic (exact) mass is 162 g/mol. The molecule has 2 heteroatoms. The van der Waals surface area contributed by atoms with E-state index in [1.807, 2.05) is 12.1 Å². The van der Waals surface area contributed by atoms with Gasteiger partial charge in [-0.05, 0) is 37.0 Å². The van der Waals surface area contributed by atoms with Crippen molar-refractivity contribution in [2.24, 2.45) is 0 Å². The third kappa shape index (κ3) is 1.84. The molecule has 2 N–H and O–H groups in total. The second-order valence-corrected chi connectivity index (χ2v) is 2.82. The summed E-state index contributed by atoms with van der Waals surface area (Å²) < 4.78 is 0. The zero-order valence-electron chi connectivity index (χ0n) is 7.38. The van der Waals surface area contributed by atoms with Crippen LogP contribution in [0.1, 0.15) is 17.5 Å². The van der Waals surface area contributed by atoms with Gasteiger partial charge in [-0.2, -0.15) is 0 Å². The molecular formula is C10H14N2. The zero-order chi connectivity index (χ0) is 8.97. The first-order valence-electron chi connectivity index (χ1n) is 4.06. The number of pyridine rings is 1. The number of hydrogen-bond acceptors (Lipinski definition) is 2. The number of rotatable bonds is 3. The highest BCUT2D eigenvalue weighted by atomic mass is 14.8. The Kier molecular flexibility index (Phi) is 2.86. The average molecular weight is 162 g/mol. The van der Waals surface area contributed by atoms with Crippen LogP contribution < -0.4 is 5.73 Å². The second kappa shape index (κ2) is 3.90. The van der Waals surface area contributed by atoms with Gasteiger partial charge in [-0.25, -0.2) is 4.98 Å². The third-order valence-electron chi connectivity index (χ3n) is 1.92. The molecule has 0 saturated heterocycles. The van der Waals surface area contributed by atoms with Gasteiger partial charge in [0.1, 0.15) is 5.82 Å². The lowest BCUT2D eigenvalue weighted by Gasteiger charge is -2.05. The first kappa shape index (κ1) is 8.78. The molecule has 0 spiro atoms. The SMILES string of the molecule is C=CCCc1c(C)ccnc1N. The number of nitrogen functional groups attached to an aromatic ring is 1. The number of hydrogen-bond donors (Lipinski definition) is 1. The molecule has 0 aromatic carbocycles. The van der Waals surface area contributed by atoms with Crippen LogP contribution in [0.4, 0.5) is 5.82 Å². The van der Waals surface area contributed by atoms with E-state index >= 15 is 0 Å². The van der Waals surface area contributed by atoms with Gasteiger partial charge >= 0.3 is 0 Å². The van der Waals surface area contributed by atoms with Crippen LogP contribution in [-0.4, -0.2) is 4.98 Å². The summed E-state index contributed by atoms with van der Waals surface area (Å²) in [6.45, 7) is 5.73. The Balaban J connectivity index is 2.88. The van der Waals surface area contributed by atoms with E-state index in [0.717, 1.165) is 18.4 Å². The highest BCUT2D eigenvalue weighted by Crippen LogP contribution is 2.15. The summed E-state index contributed by atoms with van der Waals surface area (Å²) in [5, 5.41) is 0. The first-order valence-corrected chi connectivity index (χ1v) is 4.06. The molecule has 0 fully saturated rings. The summed E-state index contributed by atoms with van der Waals surface area (Å²) in [5.41, 5.74) is 8.08. The van der Waals surface area contributed by atoms with Crippen molar-refractivity contribution in [2.45, 2.75) is 19.8 Å². The van der Waals surface area contributed by atoms with Crippen LogP contribution in [0, 0.1) is 6.92 Å². The van der Waals surface area contributed by atoms with Crippen molar-refractivity contribution in [3.05, 3.63) is 36.0 Å². The number of nitrogens with zero attached hydrogens (tertiary/aromatic N) is 1. The Morgan fingerprint density at radius 3 is 3.00 bits per heavy atom. The Morgan fingerprint density at radius 2 is 2.42 bits per heavy atom. The molecule has 0 saturated carbocycles. The van der Waals surface area contributed by atoms with Crippen LogP contribution in [0.3, 0.4) is 0 Å². The fourth-order valence-corrected chi connectivity index (χ4v) is 1.18. The van der Waals surface area contributed by atoms with Crippen LogP contribution in [-0.2, 0) is 6.42 Å². The van der Waals surface area contributed by atoms with E-state index < -0.39 is 0 Å². The molecule has 1 aromatic rings. The van der Waals surface area contributed by atoms with Crippen LogP contribution in [0.25, 0.3) is 0 Å². The summed E-state index contributed by atoms with van der Waals surface area (Å²) in [6.07, 6.45) is 5.53. The van der Waals surface area contributed by atoms with E-state index in [-0.39, 0.29) is 0 Å². The van der Waals surface area contributed by atoms with Gasteiger partial charge in [0.2, 0.25) is 0 Å². The second-order valence-electron chi connectivity index (χ2n) is 2.82. The van der Waals surface area contributed by atoms with Crippen LogP contribution in [0.15, 0.2) is 24.9 Å². The van der Waals surface area contributed by atoms with E-state index in [4.69, 9.17) is 5.73 Å². The average Bonchev–Trinajstić information content (AvgIpc) is 2.04. The van der Waals surface area contributed by atoms with E-state index in [1.165, 1.54) is 5.56 Å². The molecule has 0 atom stereocenters. The molecule has 64 valence electrons. The topological polar surface area (TPSA) is 38.9 Å². The third-order valence-corrected chi connectivity index (χ3v) is 1.92. The highest BCUT2D eigenvalue weighted by Gasteiger charge is 2.01. The molecule has 0 amide bonds. The van der Waals surface area contributed by atoms with E-state index in [0.29, 0.717) is 5.82 Å². The minimum absolute atomic E-state index is 0.650. The molecule has 0 aliphatic carbocycles. The van der Waals surface area contributed by atoms with Gasteiger partial charge in [-0.3, -0.25) is 0 Å². The quantitative estimate of drug-likeness (QED) is 0.691. The minimum atomic E-state index is 0.650. The Hall–Kier alpha value is -1.31. The van der Waals surface area contributed by atoms with Gasteiger partial charge in [0, 0.05) is 6.20 Å². The van der Waals surface area contributed by atoms with E-state index in [9.17, 15) is 0 Å². The molecule has 1 heterocycles. The Labute approximate surface area is 73.1 Å². The maximum Gasteiger partial charge on any atom is 0.126 e. The maximum absolute atomic E-state index is 5.72. The normalized spacial score (nSPS) is 9.75. The lowest BCUT2D eigenvalue weighted by Crippen LogP contribution is -1.99. The molecule has 1 aromatic heterocycles. The molecule has 0 aliphatic rings. The number of allylic oxidation sites excluding steroid dienone is 1. The largest absolute Gasteiger partial charge is 0.383 e. The Bertz CT molecular complexity index is 259. The van der Waals surface area contributed by atoms with Crippen molar-refractivity contribution in [3.63, 3.8) is 0 Å². The number of aryl methyl sites for hydroxylation is 1. The first-order chi connectivity index (χ1) is 5.75. The minimum Gasteiger partial charge on any atom is -0.383 e. The molecule has 0 unspecified atom stereocenters. The van der Waals surface area contributed by atoms with Gasteiger partial charge < -0.3 is 5.73 Å². The molecule has 0 aliphatic heterocycles. The lowest BCUT2D eigenvalue weighted by atomic mass is 10.1. The van der Waals surface area contributed by atoms with Crippen molar-refractivity contribution in [2.75, 3.05) is 5.73 Å². The summed E-state index contributed by atoms with van der Waals surface area (Å²) >= 11 is 0. The predicted octanol–water partition coefficient (Wildman–Crippen LogP) is 2.09. The van der Waals surface area contributed by atoms with Gasteiger partial charge in [0.05, 0.1) is 0 Å². The Morgan fingerprint density at radius 1 is 1.67 bits per heavy atom. The molecule has 1 rings (SSSR count). The summed E-state index contributed by atoms with van der Waals surface area (Å²) in [5.74, 6) is 0.650. The molecule has 12 heavy (non-hydrogen) atoms. The predicted molar refractivity (Wildman–Crippen MR) is 51.9 cm³/mol. The van der Waals surface area contributed by atoms with Crippen molar-refractivity contribution >= 4 is 5.82 Å². The van der Waals surface area contributed by atoms with Gasteiger partial charge in [0.15, 0.2) is 0 Å². The van der Waals surface area contributed by atoms with Crippen molar-refractivity contribution in [3.8, 4) is 0 Å². The van der Waals surface area contributed by atoms with E-state index in [1.54, 1.807) is 6.20 Å². The fraction of sp³-hybridized carbons (Fsp3) is 0.300. The molecular weight excluding hydrogens is 148 g/mol. The number of aromatic nitrogens is 1. The fourth-order valence-electron chi connectivity index (χ4n) is 1.18. The highest BCUT2D eigenvalue weighted by molar-refractivity contribution is 5.43. The number of nitrogens with two attached hydrogens (primary N) is 1. The summed E-state index contributed by atoms with van der Waals surface area (Å²) in [4.78, 5) is 4.04. The van der Waals surface area contributed by atoms with Crippen molar-refractivity contribution in [1.29, 1.82) is 0 Å². The number of anilines is 1. The van der Waals surface area contributed by atoms with Gasteiger partial charge in [-0.15, -0.1) is 6.58 Å². The molecule has 0 radical (unpaired) electrons. The molecule has 0 bridgehead atoms.